The Hall–Kier alpha value is -1.22. The predicted octanol–water partition coefficient (Wildman–Crippen LogP) is 3.39. The van der Waals surface area contributed by atoms with Gasteiger partial charge in [0.2, 0.25) is 0 Å². The van der Waals surface area contributed by atoms with E-state index in [2.05, 4.69) is 0 Å². The van der Waals surface area contributed by atoms with Crippen LogP contribution in [0.3, 0.4) is 0 Å². The summed E-state index contributed by atoms with van der Waals surface area (Å²) in [6.45, 7) is 4.32. The third kappa shape index (κ3) is 3.93. The van der Waals surface area contributed by atoms with Crippen LogP contribution < -0.4 is 4.74 Å². The van der Waals surface area contributed by atoms with E-state index < -0.39 is 5.97 Å². The van der Waals surface area contributed by atoms with Crippen molar-refractivity contribution in [1.82, 2.24) is 0 Å². The van der Waals surface area contributed by atoms with E-state index in [4.69, 9.17) is 21.4 Å². The molecule has 0 aliphatic carbocycles. The highest BCUT2D eigenvalue weighted by Crippen LogP contribution is 2.26. The van der Waals surface area contributed by atoms with Gasteiger partial charge in [0.05, 0.1) is 17.5 Å². The third-order valence-corrected chi connectivity index (χ3v) is 2.92. The van der Waals surface area contributed by atoms with E-state index in [1.165, 1.54) is 0 Å². The smallest absolute Gasteiger partial charge is 0.306 e. The summed E-state index contributed by atoms with van der Waals surface area (Å²) in [7, 11) is 0. The van der Waals surface area contributed by atoms with Crippen LogP contribution in [0.25, 0.3) is 0 Å². The monoisotopic (exact) mass is 256 g/mol. The van der Waals surface area contributed by atoms with Gasteiger partial charge >= 0.3 is 5.97 Å². The molecule has 1 N–H and O–H groups in total. The zero-order valence-corrected chi connectivity index (χ0v) is 10.8. The lowest BCUT2D eigenvalue weighted by atomic mass is 9.97. The molecule has 0 aromatic heterocycles. The highest BCUT2D eigenvalue weighted by Gasteiger charge is 2.16. The number of carboxylic acids is 1. The summed E-state index contributed by atoms with van der Waals surface area (Å²) < 4.78 is 5.32. The van der Waals surface area contributed by atoms with E-state index >= 15 is 0 Å². The predicted molar refractivity (Wildman–Crippen MR) is 67.7 cm³/mol. The number of hydrogen-bond acceptors (Lipinski definition) is 2. The molecule has 0 amide bonds. The summed E-state index contributed by atoms with van der Waals surface area (Å²) in [6.07, 6.45) is 1.11. The van der Waals surface area contributed by atoms with Crippen LogP contribution in [0.2, 0.25) is 5.02 Å². The maximum absolute atomic E-state index is 10.9. The van der Waals surface area contributed by atoms with E-state index in [0.29, 0.717) is 30.2 Å². The van der Waals surface area contributed by atoms with Gasteiger partial charge in [0.15, 0.2) is 0 Å². The van der Waals surface area contributed by atoms with E-state index in [1.54, 1.807) is 12.1 Å². The number of benzene rings is 1. The van der Waals surface area contributed by atoms with Crippen molar-refractivity contribution in [1.29, 1.82) is 0 Å². The topological polar surface area (TPSA) is 46.5 Å². The Labute approximate surface area is 106 Å². The first-order chi connectivity index (χ1) is 8.08. The van der Waals surface area contributed by atoms with Crippen molar-refractivity contribution in [3.63, 3.8) is 0 Å². The second-order valence-corrected chi connectivity index (χ2v) is 4.25. The second-order valence-electron chi connectivity index (χ2n) is 3.85. The Morgan fingerprint density at radius 1 is 1.47 bits per heavy atom. The number of halogens is 1. The maximum atomic E-state index is 10.9. The zero-order valence-electron chi connectivity index (χ0n) is 10.1. The van der Waals surface area contributed by atoms with Gasteiger partial charge in [0, 0.05) is 0 Å². The summed E-state index contributed by atoms with van der Waals surface area (Å²) in [5.74, 6) is -0.484. The number of rotatable bonds is 6. The van der Waals surface area contributed by atoms with E-state index in [1.807, 2.05) is 19.9 Å². The maximum Gasteiger partial charge on any atom is 0.306 e. The standard InChI is InChI=1S/C13H17ClO3/c1-3-10(13(15)16)7-9-5-6-12(17-4-2)11(14)8-9/h5-6,8,10H,3-4,7H2,1-2H3,(H,15,16). The third-order valence-electron chi connectivity index (χ3n) is 2.62. The van der Waals surface area contributed by atoms with Gasteiger partial charge in [-0.3, -0.25) is 4.79 Å². The Bertz CT molecular complexity index is 390. The lowest BCUT2D eigenvalue weighted by Gasteiger charge is -2.11. The van der Waals surface area contributed by atoms with Crippen LogP contribution in [-0.2, 0) is 11.2 Å². The highest BCUT2D eigenvalue weighted by atomic mass is 35.5. The SMILES string of the molecule is CCOc1ccc(CC(CC)C(=O)O)cc1Cl. The van der Waals surface area contributed by atoms with Crippen molar-refractivity contribution >= 4 is 17.6 Å². The van der Waals surface area contributed by atoms with Gasteiger partial charge < -0.3 is 9.84 Å². The Morgan fingerprint density at radius 2 is 2.18 bits per heavy atom. The van der Waals surface area contributed by atoms with Crippen LogP contribution in [0.5, 0.6) is 5.75 Å². The molecule has 4 heteroatoms. The van der Waals surface area contributed by atoms with Crippen molar-refractivity contribution < 1.29 is 14.6 Å². The molecule has 3 nitrogen and oxygen atoms in total. The number of aliphatic carboxylic acids is 1. The molecule has 0 heterocycles. The van der Waals surface area contributed by atoms with Crippen LogP contribution in [-0.4, -0.2) is 17.7 Å². The summed E-state index contributed by atoms with van der Waals surface area (Å²) in [4.78, 5) is 10.9. The number of hydrogen-bond donors (Lipinski definition) is 1. The first-order valence-electron chi connectivity index (χ1n) is 5.72. The van der Waals surface area contributed by atoms with Crippen LogP contribution in [0, 0.1) is 5.92 Å². The number of ether oxygens (including phenoxy) is 1. The van der Waals surface area contributed by atoms with Crippen LogP contribution in [0.15, 0.2) is 18.2 Å². The Balaban J connectivity index is 2.79. The van der Waals surface area contributed by atoms with Crippen LogP contribution in [0.4, 0.5) is 0 Å². The molecule has 0 aliphatic rings. The molecule has 0 saturated carbocycles. The quantitative estimate of drug-likeness (QED) is 0.849. The minimum atomic E-state index is -0.766. The van der Waals surface area contributed by atoms with Gasteiger partial charge in [0.1, 0.15) is 5.75 Å². The first kappa shape index (κ1) is 13.8. The molecule has 0 aliphatic heterocycles. The van der Waals surface area contributed by atoms with E-state index in [-0.39, 0.29) is 5.92 Å². The molecule has 94 valence electrons. The Morgan fingerprint density at radius 3 is 2.65 bits per heavy atom. The fraction of sp³-hybridized carbons (Fsp3) is 0.462. The van der Waals surface area contributed by atoms with E-state index in [0.717, 1.165) is 5.56 Å². The molecule has 0 bridgehead atoms. The van der Waals surface area contributed by atoms with Crippen molar-refractivity contribution in [3.05, 3.63) is 28.8 Å². The number of carboxylic acid groups (broad SMARTS) is 1. The van der Waals surface area contributed by atoms with Crippen molar-refractivity contribution in [3.8, 4) is 5.75 Å². The fourth-order valence-corrected chi connectivity index (χ4v) is 1.89. The second kappa shape index (κ2) is 6.50. The van der Waals surface area contributed by atoms with Gasteiger partial charge in [-0.25, -0.2) is 0 Å². The average Bonchev–Trinajstić information content (AvgIpc) is 2.29. The minimum absolute atomic E-state index is 0.357. The highest BCUT2D eigenvalue weighted by molar-refractivity contribution is 6.32. The van der Waals surface area contributed by atoms with Gasteiger partial charge in [0.25, 0.3) is 0 Å². The van der Waals surface area contributed by atoms with Crippen molar-refractivity contribution in [2.24, 2.45) is 5.92 Å². The summed E-state index contributed by atoms with van der Waals surface area (Å²) in [5.41, 5.74) is 0.924. The lowest BCUT2D eigenvalue weighted by molar-refractivity contribution is -0.141. The molecule has 0 radical (unpaired) electrons. The lowest BCUT2D eigenvalue weighted by Crippen LogP contribution is -2.15. The molecule has 1 aromatic rings. The zero-order chi connectivity index (χ0) is 12.8. The summed E-state index contributed by atoms with van der Waals surface area (Å²) in [6, 6.07) is 5.43. The molecule has 0 fully saturated rings. The molecule has 0 spiro atoms. The summed E-state index contributed by atoms with van der Waals surface area (Å²) >= 11 is 6.04. The largest absolute Gasteiger partial charge is 0.492 e. The number of carbonyl (C=O) groups is 1. The molecule has 1 rings (SSSR count). The van der Waals surface area contributed by atoms with Crippen LogP contribution in [0.1, 0.15) is 25.8 Å². The van der Waals surface area contributed by atoms with Crippen LogP contribution >= 0.6 is 11.6 Å². The molecule has 1 atom stereocenters. The van der Waals surface area contributed by atoms with Crippen molar-refractivity contribution in [2.45, 2.75) is 26.7 Å². The molecular formula is C13H17ClO3. The van der Waals surface area contributed by atoms with Gasteiger partial charge in [-0.05, 0) is 37.5 Å². The molecular weight excluding hydrogens is 240 g/mol. The molecule has 1 unspecified atom stereocenters. The Kier molecular flexibility index (Phi) is 5.29. The van der Waals surface area contributed by atoms with Gasteiger partial charge in [-0.15, -0.1) is 0 Å². The summed E-state index contributed by atoms with van der Waals surface area (Å²) in [5, 5.41) is 9.52. The van der Waals surface area contributed by atoms with Gasteiger partial charge in [-0.2, -0.15) is 0 Å². The average molecular weight is 257 g/mol. The molecule has 1 aromatic carbocycles. The van der Waals surface area contributed by atoms with E-state index in [9.17, 15) is 4.79 Å². The van der Waals surface area contributed by atoms with Crippen molar-refractivity contribution in [2.75, 3.05) is 6.61 Å². The normalized spacial score (nSPS) is 12.2. The fourth-order valence-electron chi connectivity index (χ4n) is 1.63. The minimum Gasteiger partial charge on any atom is -0.492 e. The molecule has 17 heavy (non-hydrogen) atoms. The first-order valence-corrected chi connectivity index (χ1v) is 6.10. The van der Waals surface area contributed by atoms with Gasteiger partial charge in [-0.1, -0.05) is 24.6 Å². The molecule has 0 saturated heterocycles.